The van der Waals surface area contributed by atoms with Crippen LogP contribution < -0.4 is 0 Å². The van der Waals surface area contributed by atoms with Crippen molar-refractivity contribution in [1.82, 2.24) is 9.88 Å². The van der Waals surface area contributed by atoms with E-state index in [1.54, 1.807) is 19.9 Å². The molecule has 1 aromatic heterocycles. The molecule has 0 bridgehead atoms. The number of benzene rings is 2. The highest BCUT2D eigenvalue weighted by Gasteiger charge is 2.31. The van der Waals surface area contributed by atoms with Crippen LogP contribution in [0.4, 0.5) is 5.69 Å². The molecule has 1 aliphatic rings. The lowest BCUT2D eigenvalue weighted by atomic mass is 9.92. The molecule has 1 saturated heterocycles. The van der Waals surface area contributed by atoms with E-state index in [1.165, 1.54) is 30.9 Å². The summed E-state index contributed by atoms with van der Waals surface area (Å²) in [6, 6.07) is 15.9. The molecule has 1 aliphatic heterocycles. The summed E-state index contributed by atoms with van der Waals surface area (Å²) >= 11 is 0. The molecular weight excluding hydrogens is 474 g/mol. The van der Waals surface area contributed by atoms with Crippen LogP contribution >= 0.6 is 0 Å². The van der Waals surface area contributed by atoms with Crippen LogP contribution in [-0.2, 0) is 16.0 Å². The normalized spacial score (nSPS) is 15.7. The number of likely N-dealkylation sites (tertiary alicyclic amines) is 1. The molecule has 0 aliphatic carbocycles. The third-order valence-electron chi connectivity index (χ3n) is 6.48. The predicted octanol–water partition coefficient (Wildman–Crippen LogP) is 4.88. The van der Waals surface area contributed by atoms with Gasteiger partial charge in [-0.25, -0.2) is 9.59 Å². The van der Waals surface area contributed by atoms with Gasteiger partial charge in [-0.15, -0.1) is 0 Å². The SMILES string of the molecule is COC(=O)c1c(C)nc(C)c(C(=O)OC2CCCN(Cc3ccccc3)C2)c1-c1cccc([N+](=O)[O-])c1. The average molecular weight is 504 g/mol. The second-order valence-corrected chi connectivity index (χ2v) is 9.10. The minimum atomic E-state index is -0.688. The van der Waals surface area contributed by atoms with Crippen LogP contribution in [0.3, 0.4) is 0 Å². The summed E-state index contributed by atoms with van der Waals surface area (Å²) in [5, 5.41) is 11.4. The molecule has 0 radical (unpaired) electrons. The number of nitrogens with zero attached hydrogens (tertiary/aromatic N) is 3. The monoisotopic (exact) mass is 503 g/mol. The maximum atomic E-state index is 13.6. The first-order valence-corrected chi connectivity index (χ1v) is 12.1. The van der Waals surface area contributed by atoms with Crippen LogP contribution in [0.25, 0.3) is 11.1 Å². The topological polar surface area (TPSA) is 112 Å². The number of non-ortho nitro benzene ring substituents is 1. The first-order chi connectivity index (χ1) is 17.8. The summed E-state index contributed by atoms with van der Waals surface area (Å²) in [5.74, 6) is -1.31. The lowest BCUT2D eigenvalue weighted by Gasteiger charge is -2.32. The molecule has 2 aromatic carbocycles. The van der Waals surface area contributed by atoms with E-state index in [0.29, 0.717) is 29.9 Å². The molecular formula is C28H29N3O6. The van der Waals surface area contributed by atoms with E-state index in [2.05, 4.69) is 22.0 Å². The Balaban J connectivity index is 1.69. The van der Waals surface area contributed by atoms with Gasteiger partial charge < -0.3 is 9.47 Å². The lowest BCUT2D eigenvalue weighted by molar-refractivity contribution is -0.384. The molecule has 1 atom stereocenters. The quantitative estimate of drug-likeness (QED) is 0.255. The highest BCUT2D eigenvalue weighted by molar-refractivity contribution is 6.07. The largest absolute Gasteiger partial charge is 0.465 e. The number of hydrogen-bond donors (Lipinski definition) is 0. The molecule has 3 aromatic rings. The molecule has 0 saturated carbocycles. The Labute approximate surface area is 215 Å². The van der Waals surface area contributed by atoms with Crippen LogP contribution in [-0.4, -0.2) is 53.0 Å². The Kier molecular flexibility index (Phi) is 7.93. The van der Waals surface area contributed by atoms with E-state index < -0.39 is 16.9 Å². The number of nitro groups is 1. The highest BCUT2D eigenvalue weighted by Crippen LogP contribution is 2.34. The second-order valence-electron chi connectivity index (χ2n) is 9.10. The maximum absolute atomic E-state index is 13.6. The highest BCUT2D eigenvalue weighted by atomic mass is 16.6. The first kappa shape index (κ1) is 26.0. The van der Waals surface area contributed by atoms with Gasteiger partial charge >= 0.3 is 11.9 Å². The number of carbonyl (C=O) groups is 2. The number of carbonyl (C=O) groups excluding carboxylic acids is 2. The number of nitro benzene ring substituents is 1. The van der Waals surface area contributed by atoms with E-state index >= 15 is 0 Å². The Morgan fingerprint density at radius 1 is 1.05 bits per heavy atom. The van der Waals surface area contributed by atoms with Crippen molar-refractivity contribution < 1.29 is 24.0 Å². The fourth-order valence-electron chi connectivity index (χ4n) is 4.82. The van der Waals surface area contributed by atoms with Crippen LogP contribution in [0.5, 0.6) is 0 Å². The van der Waals surface area contributed by atoms with Crippen molar-refractivity contribution in [1.29, 1.82) is 0 Å². The van der Waals surface area contributed by atoms with Crippen molar-refractivity contribution in [2.24, 2.45) is 0 Å². The third kappa shape index (κ3) is 5.83. The molecule has 0 N–H and O–H groups in total. The molecule has 0 spiro atoms. The number of aryl methyl sites for hydroxylation is 2. The van der Waals surface area contributed by atoms with Crippen LogP contribution in [0.15, 0.2) is 54.6 Å². The van der Waals surface area contributed by atoms with Crippen LogP contribution in [0, 0.1) is 24.0 Å². The van der Waals surface area contributed by atoms with Crippen molar-refractivity contribution >= 4 is 17.6 Å². The summed E-state index contributed by atoms with van der Waals surface area (Å²) in [7, 11) is 1.24. The molecule has 0 amide bonds. The summed E-state index contributed by atoms with van der Waals surface area (Å²) in [6.45, 7) is 5.53. The number of pyridine rings is 1. The maximum Gasteiger partial charge on any atom is 0.340 e. The van der Waals surface area contributed by atoms with Crippen molar-refractivity contribution in [2.45, 2.75) is 39.3 Å². The number of methoxy groups -OCH3 is 1. The standard InChI is InChI=1S/C28H29N3O6/c1-18-24(27(32)36-3)26(21-11-7-12-22(15-21)31(34)35)25(19(2)29-18)28(33)37-23-13-8-14-30(17-23)16-20-9-5-4-6-10-20/h4-7,9-12,15,23H,8,13-14,16-17H2,1-3H3. The molecule has 9 nitrogen and oxygen atoms in total. The number of hydrogen-bond acceptors (Lipinski definition) is 8. The second kappa shape index (κ2) is 11.3. The molecule has 192 valence electrons. The third-order valence-corrected chi connectivity index (χ3v) is 6.48. The number of piperidine rings is 1. The molecule has 1 unspecified atom stereocenters. The van der Waals surface area contributed by atoms with Crippen LogP contribution in [0.1, 0.15) is 50.5 Å². The molecule has 9 heteroatoms. The summed E-state index contributed by atoms with van der Waals surface area (Å²) in [4.78, 5) is 44.0. The lowest BCUT2D eigenvalue weighted by Crippen LogP contribution is -2.40. The van der Waals surface area contributed by atoms with Gasteiger partial charge in [-0.3, -0.25) is 20.0 Å². The van der Waals surface area contributed by atoms with Gasteiger partial charge in [0.2, 0.25) is 0 Å². The zero-order chi connectivity index (χ0) is 26.5. The van der Waals surface area contributed by atoms with E-state index in [9.17, 15) is 19.7 Å². The summed E-state index contributed by atoms with van der Waals surface area (Å²) < 4.78 is 10.9. The van der Waals surface area contributed by atoms with Gasteiger partial charge in [-0.1, -0.05) is 42.5 Å². The van der Waals surface area contributed by atoms with Crippen molar-refractivity contribution in [3.05, 3.63) is 92.8 Å². The van der Waals surface area contributed by atoms with Gasteiger partial charge in [-0.05, 0) is 44.4 Å². The molecule has 1 fully saturated rings. The van der Waals surface area contributed by atoms with E-state index in [4.69, 9.17) is 9.47 Å². The Morgan fingerprint density at radius 2 is 1.76 bits per heavy atom. The van der Waals surface area contributed by atoms with Crippen LogP contribution in [0.2, 0.25) is 0 Å². The zero-order valence-electron chi connectivity index (χ0n) is 21.1. The minimum absolute atomic E-state index is 0.0786. The fraction of sp³-hybridized carbons (Fsp3) is 0.321. The number of rotatable bonds is 7. The zero-order valence-corrected chi connectivity index (χ0v) is 21.1. The first-order valence-electron chi connectivity index (χ1n) is 12.1. The van der Waals surface area contributed by atoms with Gasteiger partial charge in [0, 0.05) is 30.8 Å². The van der Waals surface area contributed by atoms with Crippen molar-refractivity contribution in [3.63, 3.8) is 0 Å². The number of ether oxygens (including phenoxy) is 2. The molecule has 4 rings (SSSR count). The van der Waals surface area contributed by atoms with Crippen molar-refractivity contribution in [3.8, 4) is 11.1 Å². The molecule has 2 heterocycles. The van der Waals surface area contributed by atoms with Gasteiger partial charge in [0.15, 0.2) is 0 Å². The fourth-order valence-corrected chi connectivity index (χ4v) is 4.82. The average Bonchev–Trinajstić information content (AvgIpc) is 2.88. The van der Waals surface area contributed by atoms with E-state index in [1.807, 2.05) is 18.2 Å². The van der Waals surface area contributed by atoms with Gasteiger partial charge in [0.05, 0.1) is 34.5 Å². The van der Waals surface area contributed by atoms with E-state index in [-0.39, 0.29) is 28.5 Å². The smallest absolute Gasteiger partial charge is 0.340 e. The van der Waals surface area contributed by atoms with Gasteiger partial charge in [0.1, 0.15) is 6.10 Å². The predicted molar refractivity (Wildman–Crippen MR) is 137 cm³/mol. The molecule has 37 heavy (non-hydrogen) atoms. The van der Waals surface area contributed by atoms with E-state index in [0.717, 1.165) is 19.5 Å². The van der Waals surface area contributed by atoms with Gasteiger partial charge in [-0.2, -0.15) is 0 Å². The Morgan fingerprint density at radius 3 is 2.43 bits per heavy atom. The minimum Gasteiger partial charge on any atom is -0.465 e. The van der Waals surface area contributed by atoms with Crippen molar-refractivity contribution in [2.75, 3.05) is 20.2 Å². The Hall–Kier alpha value is -4.11. The van der Waals surface area contributed by atoms with Gasteiger partial charge in [0.25, 0.3) is 5.69 Å². The Bertz CT molecular complexity index is 1320. The summed E-state index contributed by atoms with van der Waals surface area (Å²) in [5.41, 5.74) is 2.49. The summed E-state index contributed by atoms with van der Waals surface area (Å²) in [6.07, 6.45) is 1.25. The number of esters is 2. The number of aromatic nitrogens is 1.